The molecule has 1 aromatic rings. The molecule has 4 aliphatic rings. The highest BCUT2D eigenvalue weighted by atomic mass is 16.5. The number of aliphatic hydroxyl groups excluding tert-OH is 1. The van der Waals surface area contributed by atoms with Crippen molar-refractivity contribution >= 4 is 5.97 Å². The van der Waals surface area contributed by atoms with Crippen molar-refractivity contribution in [3.63, 3.8) is 0 Å². The molecular formula is C25H34O4. The number of phenols is 1. The normalized spacial score (nSPS) is 36.8. The third kappa shape index (κ3) is 3.19. The van der Waals surface area contributed by atoms with Crippen LogP contribution in [0.5, 0.6) is 11.5 Å². The Balaban J connectivity index is 1.46. The Bertz CT molecular complexity index is 796. The zero-order chi connectivity index (χ0) is 20.2. The predicted molar refractivity (Wildman–Crippen MR) is 111 cm³/mol. The van der Waals surface area contributed by atoms with Crippen LogP contribution >= 0.6 is 0 Å². The molecule has 0 unspecified atom stereocenters. The zero-order valence-electron chi connectivity index (χ0n) is 17.5. The molecule has 3 saturated carbocycles. The second-order valence-electron chi connectivity index (χ2n) is 10.3. The zero-order valence-corrected chi connectivity index (χ0v) is 17.5. The first kappa shape index (κ1) is 19.4. The van der Waals surface area contributed by atoms with Crippen molar-refractivity contribution in [2.24, 2.45) is 23.2 Å². The third-order valence-electron chi connectivity index (χ3n) is 8.87. The van der Waals surface area contributed by atoms with E-state index >= 15 is 0 Å². The van der Waals surface area contributed by atoms with Gasteiger partial charge in [0, 0.05) is 11.6 Å². The van der Waals surface area contributed by atoms with Crippen LogP contribution in [0, 0.1) is 23.2 Å². The van der Waals surface area contributed by atoms with Crippen LogP contribution in [0.1, 0.15) is 88.2 Å². The summed E-state index contributed by atoms with van der Waals surface area (Å²) in [6.45, 7) is 2.28. The van der Waals surface area contributed by atoms with E-state index in [2.05, 4.69) is 6.92 Å². The van der Waals surface area contributed by atoms with Gasteiger partial charge in [-0.05, 0) is 86.2 Å². The van der Waals surface area contributed by atoms with Crippen LogP contribution in [0.4, 0.5) is 0 Å². The van der Waals surface area contributed by atoms with Crippen molar-refractivity contribution < 1.29 is 19.7 Å². The Morgan fingerprint density at radius 3 is 2.66 bits per heavy atom. The van der Waals surface area contributed by atoms with Crippen molar-refractivity contribution in [2.45, 2.75) is 89.6 Å². The number of carbonyl (C=O) groups excluding carboxylic acids is 1. The molecule has 0 saturated heterocycles. The number of rotatable bonds is 2. The molecule has 3 fully saturated rings. The van der Waals surface area contributed by atoms with E-state index in [9.17, 15) is 15.0 Å². The number of aliphatic hydroxyl groups is 1. The Labute approximate surface area is 173 Å². The summed E-state index contributed by atoms with van der Waals surface area (Å²) < 4.78 is 5.99. The molecule has 4 aliphatic carbocycles. The molecule has 4 heteroatoms. The maximum Gasteiger partial charge on any atom is 0.314 e. The van der Waals surface area contributed by atoms with E-state index in [4.69, 9.17) is 4.74 Å². The van der Waals surface area contributed by atoms with E-state index in [1.165, 1.54) is 12.0 Å². The van der Waals surface area contributed by atoms with E-state index in [0.29, 0.717) is 23.5 Å². The Kier molecular flexibility index (Phi) is 4.89. The topological polar surface area (TPSA) is 66.8 Å². The van der Waals surface area contributed by atoms with Crippen LogP contribution in [0.15, 0.2) is 12.1 Å². The molecule has 0 aromatic heterocycles. The Morgan fingerprint density at radius 1 is 1.07 bits per heavy atom. The fraction of sp³-hybridized carbons (Fsp3) is 0.720. The highest BCUT2D eigenvalue weighted by Gasteiger charge is 2.54. The van der Waals surface area contributed by atoms with Crippen LogP contribution in [0.3, 0.4) is 0 Å². The molecule has 1 aromatic carbocycles. The SMILES string of the molecule is C[C@]12CC[C@@H]3c4c(cc(O)cc4OC(=O)C4CCCCC4)CC[C@H]3[C@@H]1CC[C@H]2O. The van der Waals surface area contributed by atoms with Gasteiger partial charge < -0.3 is 14.9 Å². The van der Waals surface area contributed by atoms with Crippen LogP contribution in [-0.2, 0) is 11.2 Å². The third-order valence-corrected chi connectivity index (χ3v) is 8.87. The fourth-order valence-electron chi connectivity index (χ4n) is 7.25. The number of benzene rings is 1. The summed E-state index contributed by atoms with van der Waals surface area (Å²) in [5.41, 5.74) is 2.36. The molecule has 0 radical (unpaired) electrons. The van der Waals surface area contributed by atoms with Crippen molar-refractivity contribution in [1.82, 2.24) is 0 Å². The van der Waals surface area contributed by atoms with Gasteiger partial charge in [0.2, 0.25) is 0 Å². The molecule has 0 heterocycles. The van der Waals surface area contributed by atoms with Gasteiger partial charge in [0.15, 0.2) is 0 Å². The van der Waals surface area contributed by atoms with Gasteiger partial charge in [0.25, 0.3) is 0 Å². The molecule has 158 valence electrons. The minimum Gasteiger partial charge on any atom is -0.508 e. The number of phenolic OH excluding ortho intramolecular Hbond substituents is 1. The average Bonchev–Trinajstić information content (AvgIpc) is 3.03. The molecule has 0 amide bonds. The fourth-order valence-corrected chi connectivity index (χ4v) is 7.25. The number of carbonyl (C=O) groups is 1. The molecule has 29 heavy (non-hydrogen) atoms. The number of aromatic hydroxyl groups is 1. The summed E-state index contributed by atoms with van der Waals surface area (Å²) in [7, 11) is 0. The minimum absolute atomic E-state index is 0.000707. The van der Waals surface area contributed by atoms with Crippen molar-refractivity contribution in [3.8, 4) is 11.5 Å². The molecule has 2 N–H and O–H groups in total. The number of ether oxygens (including phenoxy) is 1. The highest BCUT2D eigenvalue weighted by Crippen LogP contribution is 2.62. The van der Waals surface area contributed by atoms with Gasteiger partial charge in [-0.25, -0.2) is 0 Å². The van der Waals surface area contributed by atoms with Crippen molar-refractivity contribution in [1.29, 1.82) is 0 Å². The molecular weight excluding hydrogens is 364 g/mol. The van der Waals surface area contributed by atoms with E-state index in [1.54, 1.807) is 6.07 Å². The van der Waals surface area contributed by atoms with Gasteiger partial charge in [-0.15, -0.1) is 0 Å². The lowest BCUT2D eigenvalue weighted by Crippen LogP contribution is -2.44. The molecule has 0 spiro atoms. The van der Waals surface area contributed by atoms with Crippen molar-refractivity contribution in [3.05, 3.63) is 23.3 Å². The van der Waals surface area contributed by atoms with Crippen LogP contribution in [0.25, 0.3) is 0 Å². The van der Waals surface area contributed by atoms with Gasteiger partial charge in [-0.1, -0.05) is 26.2 Å². The summed E-state index contributed by atoms with van der Waals surface area (Å²) in [5, 5.41) is 20.9. The average molecular weight is 399 g/mol. The molecule has 5 atom stereocenters. The van der Waals surface area contributed by atoms with Crippen LogP contribution in [-0.4, -0.2) is 22.3 Å². The second-order valence-corrected chi connectivity index (χ2v) is 10.3. The lowest BCUT2D eigenvalue weighted by atomic mass is 9.55. The maximum atomic E-state index is 12.9. The van der Waals surface area contributed by atoms with E-state index in [1.807, 2.05) is 6.07 Å². The van der Waals surface area contributed by atoms with Crippen LogP contribution < -0.4 is 4.74 Å². The number of esters is 1. The largest absolute Gasteiger partial charge is 0.508 e. The number of hydrogen-bond donors (Lipinski definition) is 2. The van der Waals surface area contributed by atoms with Gasteiger partial charge in [-0.2, -0.15) is 0 Å². The summed E-state index contributed by atoms with van der Waals surface area (Å²) in [6, 6.07) is 3.54. The maximum absolute atomic E-state index is 12.9. The number of hydrogen-bond acceptors (Lipinski definition) is 4. The Hall–Kier alpha value is -1.55. The molecule has 4 nitrogen and oxygen atoms in total. The lowest BCUT2D eigenvalue weighted by molar-refractivity contribution is -0.140. The summed E-state index contributed by atoms with van der Waals surface area (Å²) in [5.74, 6) is 2.14. The number of aryl methyl sites for hydroxylation is 1. The quantitative estimate of drug-likeness (QED) is 0.538. The monoisotopic (exact) mass is 398 g/mol. The van der Waals surface area contributed by atoms with Gasteiger partial charge in [0.05, 0.1) is 12.0 Å². The molecule has 0 aliphatic heterocycles. The Morgan fingerprint density at radius 2 is 1.86 bits per heavy atom. The summed E-state index contributed by atoms with van der Waals surface area (Å²) in [4.78, 5) is 12.9. The first-order chi connectivity index (χ1) is 14.0. The minimum atomic E-state index is -0.182. The standard InChI is InChI=1S/C25H34O4/c1-25-12-11-19-18(20(25)9-10-22(25)27)8-7-16-13-17(26)14-21(23(16)19)29-24(28)15-5-3-2-4-6-15/h13-15,18-20,22,26-27H,2-12H2,1H3/t18-,19+,20+,22-,25+/m1/s1. The smallest absolute Gasteiger partial charge is 0.314 e. The van der Waals surface area contributed by atoms with Gasteiger partial charge in [-0.3, -0.25) is 4.79 Å². The molecule has 5 rings (SSSR count). The first-order valence-electron chi connectivity index (χ1n) is 11.7. The lowest BCUT2D eigenvalue weighted by Gasteiger charge is -2.50. The van der Waals surface area contributed by atoms with Crippen LogP contribution in [0.2, 0.25) is 0 Å². The summed E-state index contributed by atoms with van der Waals surface area (Å²) >= 11 is 0. The van der Waals surface area contributed by atoms with E-state index < -0.39 is 0 Å². The highest BCUT2D eigenvalue weighted by molar-refractivity contribution is 5.76. The summed E-state index contributed by atoms with van der Waals surface area (Å²) in [6.07, 6.45) is 11.2. The molecule has 0 bridgehead atoms. The van der Waals surface area contributed by atoms with E-state index in [0.717, 1.165) is 69.8 Å². The van der Waals surface area contributed by atoms with Gasteiger partial charge in [0.1, 0.15) is 11.5 Å². The number of fused-ring (bicyclic) bond motifs is 5. The van der Waals surface area contributed by atoms with Gasteiger partial charge >= 0.3 is 5.97 Å². The van der Waals surface area contributed by atoms with E-state index in [-0.39, 0.29) is 29.2 Å². The second kappa shape index (κ2) is 7.30. The first-order valence-corrected chi connectivity index (χ1v) is 11.7. The predicted octanol–water partition coefficient (Wildman–Crippen LogP) is 5.09. The van der Waals surface area contributed by atoms with Crippen molar-refractivity contribution in [2.75, 3.05) is 0 Å².